The molecule has 0 unspecified atom stereocenters. The Morgan fingerprint density at radius 1 is 1.31 bits per heavy atom. The van der Waals surface area contributed by atoms with Crippen molar-refractivity contribution in [3.8, 4) is 0 Å². The number of hydrogen-bond donors (Lipinski definition) is 2. The van der Waals surface area contributed by atoms with Crippen LogP contribution in [0.3, 0.4) is 0 Å². The molecule has 2 aliphatic carbocycles. The number of nitrogens with one attached hydrogen (secondary N) is 2. The molecule has 3 atom stereocenters. The smallest absolute Gasteiger partial charge is 0.242 e. The predicted octanol–water partition coefficient (Wildman–Crippen LogP) is 0.816. The molecule has 0 heterocycles. The third kappa shape index (κ3) is 2.54. The second kappa shape index (κ2) is 4.44. The second-order valence-corrected chi connectivity index (χ2v) is 5.19. The van der Waals surface area contributed by atoms with Gasteiger partial charge in [-0.05, 0) is 32.1 Å². The normalized spacial score (nSPS) is 30.1. The molecule has 0 saturated heterocycles. The van der Waals surface area contributed by atoms with E-state index >= 15 is 0 Å². The first-order valence-corrected chi connectivity index (χ1v) is 6.18. The van der Waals surface area contributed by atoms with Crippen LogP contribution in [0.15, 0.2) is 0 Å². The molecule has 2 rings (SSSR count). The number of hydrogen-bond acceptors (Lipinski definition) is 2. The van der Waals surface area contributed by atoms with Crippen LogP contribution >= 0.6 is 0 Å². The Bertz CT molecular complexity index is 299. The molecule has 90 valence electrons. The lowest BCUT2D eigenvalue weighted by atomic mass is 9.84. The Morgan fingerprint density at radius 2 is 1.94 bits per heavy atom. The molecule has 0 bridgehead atoms. The Morgan fingerprint density at radius 3 is 2.38 bits per heavy atom. The van der Waals surface area contributed by atoms with Gasteiger partial charge in [0.15, 0.2) is 0 Å². The lowest BCUT2D eigenvalue weighted by Gasteiger charge is -2.25. The third-order valence-corrected chi connectivity index (χ3v) is 3.67. The molecule has 2 fully saturated rings. The van der Waals surface area contributed by atoms with Crippen LogP contribution in [0.2, 0.25) is 0 Å². The topological polar surface area (TPSA) is 58.2 Å². The maximum absolute atomic E-state index is 11.7. The van der Waals surface area contributed by atoms with Crippen molar-refractivity contribution in [1.29, 1.82) is 0 Å². The van der Waals surface area contributed by atoms with Crippen molar-refractivity contribution >= 4 is 11.8 Å². The number of carbonyl (C=O) groups is 2. The highest BCUT2D eigenvalue weighted by molar-refractivity contribution is 5.88. The van der Waals surface area contributed by atoms with Crippen LogP contribution in [0.25, 0.3) is 0 Å². The summed E-state index contributed by atoms with van der Waals surface area (Å²) in [6, 6.07) is -0.0727. The maximum Gasteiger partial charge on any atom is 0.242 e. The van der Waals surface area contributed by atoms with Crippen molar-refractivity contribution < 1.29 is 9.59 Å². The number of amides is 2. The summed E-state index contributed by atoms with van der Waals surface area (Å²) in [6.07, 6.45) is 4.15. The van der Waals surface area contributed by atoms with E-state index < -0.39 is 6.04 Å². The van der Waals surface area contributed by atoms with Gasteiger partial charge < -0.3 is 10.6 Å². The fourth-order valence-corrected chi connectivity index (χ4v) is 1.90. The van der Waals surface area contributed by atoms with E-state index in [0.29, 0.717) is 12.0 Å². The monoisotopic (exact) mass is 224 g/mol. The fourth-order valence-electron chi connectivity index (χ4n) is 1.90. The SMILES string of the molecule is C[C@@H](NC(=O)C1CCC1)C(=O)N[C@@H]1C[C@@H]1C. The lowest BCUT2D eigenvalue weighted by Crippen LogP contribution is -2.48. The van der Waals surface area contributed by atoms with Crippen LogP contribution < -0.4 is 10.6 Å². The summed E-state index contributed by atoms with van der Waals surface area (Å²) in [7, 11) is 0. The molecule has 0 spiro atoms. The number of carbonyl (C=O) groups excluding carboxylic acids is 2. The lowest BCUT2D eigenvalue weighted by molar-refractivity contribution is -0.132. The summed E-state index contributed by atoms with van der Waals surface area (Å²) >= 11 is 0. The third-order valence-electron chi connectivity index (χ3n) is 3.67. The standard InChI is InChI=1S/C12H20N2O2/c1-7-6-10(7)14-11(15)8(2)13-12(16)9-4-3-5-9/h7-10H,3-6H2,1-2H3,(H,13,16)(H,14,15)/t7-,8+,10+/m0/s1. The Balaban J connectivity index is 1.71. The van der Waals surface area contributed by atoms with Gasteiger partial charge in [-0.3, -0.25) is 9.59 Å². The largest absolute Gasteiger partial charge is 0.351 e. The average molecular weight is 224 g/mol. The van der Waals surface area contributed by atoms with Crippen molar-refractivity contribution in [1.82, 2.24) is 10.6 Å². The zero-order chi connectivity index (χ0) is 11.7. The van der Waals surface area contributed by atoms with Gasteiger partial charge in [0.05, 0.1) is 0 Å². The molecule has 0 aromatic carbocycles. The van der Waals surface area contributed by atoms with Crippen molar-refractivity contribution in [2.75, 3.05) is 0 Å². The van der Waals surface area contributed by atoms with Crippen molar-refractivity contribution in [3.63, 3.8) is 0 Å². The van der Waals surface area contributed by atoms with Crippen LogP contribution in [-0.2, 0) is 9.59 Å². The zero-order valence-corrected chi connectivity index (χ0v) is 9.95. The first-order valence-electron chi connectivity index (χ1n) is 6.18. The summed E-state index contributed by atoms with van der Waals surface area (Å²) in [5, 5.41) is 5.71. The van der Waals surface area contributed by atoms with E-state index in [1.54, 1.807) is 6.92 Å². The Hall–Kier alpha value is -1.06. The van der Waals surface area contributed by atoms with Crippen LogP contribution in [0, 0.1) is 11.8 Å². The van der Waals surface area contributed by atoms with E-state index in [4.69, 9.17) is 0 Å². The Kier molecular flexibility index (Phi) is 3.17. The molecule has 2 amide bonds. The van der Waals surface area contributed by atoms with Gasteiger partial charge in [-0.2, -0.15) is 0 Å². The van der Waals surface area contributed by atoms with Crippen LogP contribution in [0.4, 0.5) is 0 Å². The molecule has 0 aromatic heterocycles. The molecule has 0 aromatic rings. The molecular formula is C12H20N2O2. The first-order chi connectivity index (χ1) is 7.58. The van der Waals surface area contributed by atoms with E-state index in [1.165, 1.54) is 0 Å². The van der Waals surface area contributed by atoms with Crippen LogP contribution in [0.5, 0.6) is 0 Å². The highest BCUT2D eigenvalue weighted by atomic mass is 16.2. The van der Waals surface area contributed by atoms with Gasteiger partial charge in [0.25, 0.3) is 0 Å². The summed E-state index contributed by atoms with van der Waals surface area (Å²) in [4.78, 5) is 23.3. The fraction of sp³-hybridized carbons (Fsp3) is 0.833. The summed E-state index contributed by atoms with van der Waals surface area (Å²) in [5.41, 5.74) is 0. The first kappa shape index (κ1) is 11.4. The van der Waals surface area contributed by atoms with Gasteiger partial charge in [-0.15, -0.1) is 0 Å². The van der Waals surface area contributed by atoms with Gasteiger partial charge in [0, 0.05) is 12.0 Å². The summed E-state index contributed by atoms with van der Waals surface area (Å²) in [6.45, 7) is 3.86. The van der Waals surface area contributed by atoms with Crippen molar-refractivity contribution in [2.24, 2.45) is 11.8 Å². The highest BCUT2D eigenvalue weighted by Crippen LogP contribution is 2.29. The van der Waals surface area contributed by atoms with Gasteiger partial charge >= 0.3 is 0 Å². The molecule has 4 heteroatoms. The minimum absolute atomic E-state index is 0.0396. The summed E-state index contributed by atoms with van der Waals surface area (Å²) < 4.78 is 0. The van der Waals surface area contributed by atoms with Crippen molar-refractivity contribution in [2.45, 2.75) is 51.6 Å². The van der Waals surface area contributed by atoms with Gasteiger partial charge in [-0.1, -0.05) is 13.3 Å². The molecule has 4 nitrogen and oxygen atoms in total. The van der Waals surface area contributed by atoms with Crippen LogP contribution in [0.1, 0.15) is 39.5 Å². The van der Waals surface area contributed by atoms with Crippen molar-refractivity contribution in [3.05, 3.63) is 0 Å². The van der Waals surface area contributed by atoms with E-state index in [1.807, 2.05) is 0 Å². The average Bonchev–Trinajstić information content (AvgIpc) is 2.78. The molecule has 2 saturated carbocycles. The zero-order valence-electron chi connectivity index (χ0n) is 9.95. The van der Waals surface area contributed by atoms with E-state index in [9.17, 15) is 9.59 Å². The van der Waals surface area contributed by atoms with Gasteiger partial charge in [0.2, 0.25) is 11.8 Å². The number of rotatable bonds is 4. The van der Waals surface area contributed by atoms with Crippen LogP contribution in [-0.4, -0.2) is 23.9 Å². The van der Waals surface area contributed by atoms with Gasteiger partial charge in [0.1, 0.15) is 6.04 Å². The van der Waals surface area contributed by atoms with E-state index in [2.05, 4.69) is 17.6 Å². The minimum Gasteiger partial charge on any atom is -0.351 e. The molecule has 0 radical (unpaired) electrons. The highest BCUT2D eigenvalue weighted by Gasteiger charge is 2.35. The molecule has 2 N–H and O–H groups in total. The van der Waals surface area contributed by atoms with E-state index in [-0.39, 0.29) is 17.7 Å². The van der Waals surface area contributed by atoms with E-state index in [0.717, 1.165) is 25.7 Å². The molecule has 2 aliphatic rings. The molecule has 0 aliphatic heterocycles. The van der Waals surface area contributed by atoms with Gasteiger partial charge in [-0.25, -0.2) is 0 Å². The summed E-state index contributed by atoms with van der Waals surface area (Å²) in [5.74, 6) is 0.730. The Labute approximate surface area is 96.2 Å². The minimum atomic E-state index is -0.402. The molecule has 16 heavy (non-hydrogen) atoms. The second-order valence-electron chi connectivity index (χ2n) is 5.19. The maximum atomic E-state index is 11.7. The molecular weight excluding hydrogens is 204 g/mol. The quantitative estimate of drug-likeness (QED) is 0.742. The predicted molar refractivity (Wildman–Crippen MR) is 60.7 cm³/mol.